The normalized spacial score (nSPS) is 13.8. The van der Waals surface area contributed by atoms with Gasteiger partial charge in [0.1, 0.15) is 17.3 Å². The maximum atomic E-state index is 13.9. The SMILES string of the molecule is O=C(Nc1ccc(Oc2ccccc2)cc1)N1CCN(c2ccccc2F)CC1. The number of rotatable bonds is 4. The molecule has 0 aromatic heterocycles. The molecular formula is C23H22FN3O2. The van der Waals surface area contributed by atoms with Crippen LogP contribution in [-0.4, -0.2) is 37.1 Å². The summed E-state index contributed by atoms with van der Waals surface area (Å²) in [5.41, 5.74) is 1.29. The van der Waals surface area contributed by atoms with Gasteiger partial charge in [0.15, 0.2) is 0 Å². The summed E-state index contributed by atoms with van der Waals surface area (Å²) in [5, 5.41) is 2.91. The first kappa shape index (κ1) is 18.8. The minimum Gasteiger partial charge on any atom is -0.457 e. The molecule has 0 bridgehead atoms. The van der Waals surface area contributed by atoms with Crippen molar-refractivity contribution in [3.63, 3.8) is 0 Å². The van der Waals surface area contributed by atoms with Crippen LogP contribution in [0.2, 0.25) is 0 Å². The van der Waals surface area contributed by atoms with Gasteiger partial charge in [-0.3, -0.25) is 0 Å². The Labute approximate surface area is 169 Å². The number of hydrogen-bond donors (Lipinski definition) is 1. The Morgan fingerprint density at radius 3 is 2.10 bits per heavy atom. The lowest BCUT2D eigenvalue weighted by atomic mass is 10.2. The minimum atomic E-state index is -0.233. The molecule has 148 valence electrons. The Balaban J connectivity index is 1.30. The second kappa shape index (κ2) is 8.65. The zero-order valence-electron chi connectivity index (χ0n) is 15.9. The number of para-hydroxylation sites is 2. The fourth-order valence-electron chi connectivity index (χ4n) is 3.29. The molecule has 0 radical (unpaired) electrons. The summed E-state index contributed by atoms with van der Waals surface area (Å²) in [6.07, 6.45) is 0. The molecule has 1 N–H and O–H groups in total. The van der Waals surface area contributed by atoms with Crippen molar-refractivity contribution < 1.29 is 13.9 Å². The topological polar surface area (TPSA) is 44.8 Å². The molecular weight excluding hydrogens is 369 g/mol. The first-order chi connectivity index (χ1) is 14.2. The molecule has 0 unspecified atom stereocenters. The standard InChI is InChI=1S/C23H22FN3O2/c24-21-8-4-5-9-22(21)26-14-16-27(17-15-26)23(28)25-18-10-12-20(13-11-18)29-19-6-2-1-3-7-19/h1-13H,14-17H2,(H,25,28). The summed E-state index contributed by atoms with van der Waals surface area (Å²) in [7, 11) is 0. The van der Waals surface area contributed by atoms with Crippen LogP contribution in [0.4, 0.5) is 20.6 Å². The Morgan fingerprint density at radius 1 is 0.793 bits per heavy atom. The molecule has 2 amide bonds. The third-order valence-corrected chi connectivity index (χ3v) is 4.84. The minimum absolute atomic E-state index is 0.157. The van der Waals surface area contributed by atoms with Gasteiger partial charge < -0.3 is 19.9 Å². The van der Waals surface area contributed by atoms with Gasteiger partial charge in [0.05, 0.1) is 5.69 Å². The highest BCUT2D eigenvalue weighted by atomic mass is 19.1. The molecule has 1 heterocycles. The number of amides is 2. The number of nitrogens with one attached hydrogen (secondary N) is 1. The number of benzene rings is 3. The Hall–Kier alpha value is -3.54. The van der Waals surface area contributed by atoms with Crippen molar-refractivity contribution in [1.82, 2.24) is 4.90 Å². The molecule has 6 heteroatoms. The van der Waals surface area contributed by atoms with Crippen molar-refractivity contribution in [3.8, 4) is 11.5 Å². The summed E-state index contributed by atoms with van der Waals surface area (Å²) in [4.78, 5) is 16.3. The number of anilines is 2. The number of ether oxygens (including phenoxy) is 1. The Bertz CT molecular complexity index is 955. The average molecular weight is 391 g/mol. The highest BCUT2D eigenvalue weighted by molar-refractivity contribution is 5.89. The van der Waals surface area contributed by atoms with Crippen LogP contribution >= 0.6 is 0 Å². The van der Waals surface area contributed by atoms with Crippen molar-refractivity contribution in [2.45, 2.75) is 0 Å². The molecule has 29 heavy (non-hydrogen) atoms. The van der Waals surface area contributed by atoms with Gasteiger partial charge in [0.25, 0.3) is 0 Å². The van der Waals surface area contributed by atoms with E-state index in [1.54, 1.807) is 17.0 Å². The monoisotopic (exact) mass is 391 g/mol. The van der Waals surface area contributed by atoms with Crippen molar-refractivity contribution >= 4 is 17.4 Å². The Kier molecular flexibility index (Phi) is 5.61. The lowest BCUT2D eigenvalue weighted by Gasteiger charge is -2.36. The third kappa shape index (κ3) is 4.66. The number of hydrogen-bond acceptors (Lipinski definition) is 3. The van der Waals surface area contributed by atoms with E-state index in [9.17, 15) is 9.18 Å². The van der Waals surface area contributed by atoms with Crippen LogP contribution in [0, 0.1) is 5.82 Å². The van der Waals surface area contributed by atoms with Crippen LogP contribution in [-0.2, 0) is 0 Å². The lowest BCUT2D eigenvalue weighted by Crippen LogP contribution is -2.50. The largest absolute Gasteiger partial charge is 0.457 e. The van der Waals surface area contributed by atoms with E-state index < -0.39 is 0 Å². The van der Waals surface area contributed by atoms with Gasteiger partial charge in [-0.2, -0.15) is 0 Å². The number of urea groups is 1. The molecule has 0 atom stereocenters. The maximum Gasteiger partial charge on any atom is 0.321 e. The van der Waals surface area contributed by atoms with Crippen LogP contribution in [0.3, 0.4) is 0 Å². The quantitative estimate of drug-likeness (QED) is 0.683. The van der Waals surface area contributed by atoms with E-state index in [-0.39, 0.29) is 11.8 Å². The first-order valence-corrected chi connectivity index (χ1v) is 9.57. The predicted molar refractivity (Wildman–Crippen MR) is 112 cm³/mol. The molecule has 0 aliphatic carbocycles. The van der Waals surface area contributed by atoms with E-state index in [4.69, 9.17) is 4.74 Å². The summed E-state index contributed by atoms with van der Waals surface area (Å²) in [6, 6.07) is 23.4. The van der Waals surface area contributed by atoms with Gasteiger partial charge in [0.2, 0.25) is 0 Å². The first-order valence-electron chi connectivity index (χ1n) is 9.57. The zero-order chi connectivity index (χ0) is 20.1. The summed E-state index contributed by atoms with van der Waals surface area (Å²) >= 11 is 0. The smallest absolute Gasteiger partial charge is 0.321 e. The van der Waals surface area contributed by atoms with Gasteiger partial charge in [-0.1, -0.05) is 30.3 Å². The third-order valence-electron chi connectivity index (χ3n) is 4.84. The van der Waals surface area contributed by atoms with Crippen molar-refractivity contribution in [1.29, 1.82) is 0 Å². The highest BCUT2D eigenvalue weighted by Gasteiger charge is 2.22. The maximum absolute atomic E-state index is 13.9. The van der Waals surface area contributed by atoms with E-state index in [1.807, 2.05) is 65.6 Å². The molecule has 1 aliphatic rings. The fourth-order valence-corrected chi connectivity index (χ4v) is 3.29. The number of nitrogens with zero attached hydrogens (tertiary/aromatic N) is 2. The predicted octanol–water partition coefficient (Wildman–Crippen LogP) is 4.97. The number of piperazine rings is 1. The van der Waals surface area contributed by atoms with Crippen LogP contribution < -0.4 is 15.0 Å². The summed E-state index contributed by atoms with van der Waals surface area (Å²) in [6.45, 7) is 2.27. The molecule has 3 aromatic carbocycles. The van der Waals surface area contributed by atoms with Gasteiger partial charge in [-0.15, -0.1) is 0 Å². The van der Waals surface area contributed by atoms with Crippen LogP contribution in [0.25, 0.3) is 0 Å². The fraction of sp³-hybridized carbons (Fsp3) is 0.174. The van der Waals surface area contributed by atoms with Gasteiger partial charge in [0, 0.05) is 31.9 Å². The van der Waals surface area contributed by atoms with Crippen molar-refractivity contribution in [2.75, 3.05) is 36.4 Å². The van der Waals surface area contributed by atoms with Crippen LogP contribution in [0.15, 0.2) is 78.9 Å². The molecule has 1 saturated heterocycles. The number of carbonyl (C=O) groups is 1. The van der Waals surface area contributed by atoms with Gasteiger partial charge in [-0.05, 0) is 48.5 Å². The van der Waals surface area contributed by atoms with Crippen molar-refractivity contribution in [2.24, 2.45) is 0 Å². The molecule has 1 fully saturated rings. The van der Waals surface area contributed by atoms with Gasteiger partial charge >= 0.3 is 6.03 Å². The lowest BCUT2D eigenvalue weighted by molar-refractivity contribution is 0.208. The van der Waals surface area contributed by atoms with Crippen LogP contribution in [0.1, 0.15) is 0 Å². The van der Waals surface area contributed by atoms with Crippen molar-refractivity contribution in [3.05, 3.63) is 84.7 Å². The second-order valence-electron chi connectivity index (χ2n) is 6.80. The molecule has 0 spiro atoms. The molecule has 1 aliphatic heterocycles. The van der Waals surface area contributed by atoms with E-state index in [1.165, 1.54) is 6.07 Å². The second-order valence-corrected chi connectivity index (χ2v) is 6.80. The zero-order valence-corrected chi connectivity index (χ0v) is 15.9. The van der Waals surface area contributed by atoms with E-state index in [0.717, 1.165) is 5.75 Å². The average Bonchev–Trinajstić information content (AvgIpc) is 2.76. The van der Waals surface area contributed by atoms with Gasteiger partial charge in [-0.25, -0.2) is 9.18 Å². The number of carbonyl (C=O) groups excluding carboxylic acids is 1. The number of halogens is 1. The van der Waals surface area contributed by atoms with E-state index in [0.29, 0.717) is 43.3 Å². The Morgan fingerprint density at radius 2 is 1.41 bits per heavy atom. The highest BCUT2D eigenvalue weighted by Crippen LogP contribution is 2.23. The summed E-state index contributed by atoms with van der Waals surface area (Å²) in [5.74, 6) is 1.23. The molecule has 0 saturated carbocycles. The summed E-state index contributed by atoms with van der Waals surface area (Å²) < 4.78 is 19.7. The van der Waals surface area contributed by atoms with E-state index >= 15 is 0 Å². The molecule has 3 aromatic rings. The van der Waals surface area contributed by atoms with E-state index in [2.05, 4.69) is 5.32 Å². The molecule has 4 rings (SSSR count). The van der Waals surface area contributed by atoms with Crippen LogP contribution in [0.5, 0.6) is 11.5 Å². The molecule has 5 nitrogen and oxygen atoms in total.